The fourth-order valence-corrected chi connectivity index (χ4v) is 2.71. The molecule has 0 radical (unpaired) electrons. The number of carbonyl (C=O) groups excluding carboxylic acids is 2. The summed E-state index contributed by atoms with van der Waals surface area (Å²) in [6, 6.07) is 10.1. The molecule has 1 amide bonds. The van der Waals surface area contributed by atoms with Crippen LogP contribution in [0.15, 0.2) is 42.6 Å². The molecule has 1 N–H and O–H groups in total. The van der Waals surface area contributed by atoms with Crippen LogP contribution in [0.25, 0.3) is 0 Å². The molecule has 1 aliphatic heterocycles. The number of aromatic nitrogens is 1. The molecule has 1 aliphatic rings. The van der Waals surface area contributed by atoms with E-state index in [2.05, 4.69) is 15.2 Å². The van der Waals surface area contributed by atoms with Crippen LogP contribution in [0.3, 0.4) is 0 Å². The molecule has 1 aromatic heterocycles. The summed E-state index contributed by atoms with van der Waals surface area (Å²) >= 11 is 0. The fraction of sp³-hybridized carbons (Fsp3) is 0.278. The van der Waals surface area contributed by atoms with Gasteiger partial charge in [0.05, 0.1) is 0 Å². The Labute approximate surface area is 140 Å². The maximum atomic E-state index is 12.5. The predicted molar refractivity (Wildman–Crippen MR) is 91.4 cm³/mol. The third-order valence-corrected chi connectivity index (χ3v) is 3.80. The van der Waals surface area contributed by atoms with E-state index >= 15 is 0 Å². The number of amides is 1. The minimum absolute atomic E-state index is 0.148. The lowest BCUT2D eigenvalue weighted by atomic mass is 10.2. The number of hydrogen-bond acceptors (Lipinski definition) is 5. The van der Waals surface area contributed by atoms with Crippen LogP contribution >= 0.6 is 0 Å². The molecule has 2 aromatic rings. The van der Waals surface area contributed by atoms with Crippen LogP contribution in [0.2, 0.25) is 0 Å². The van der Waals surface area contributed by atoms with E-state index in [4.69, 9.17) is 4.74 Å². The summed E-state index contributed by atoms with van der Waals surface area (Å²) in [6.07, 6.45) is 3.90. The van der Waals surface area contributed by atoms with E-state index in [0.29, 0.717) is 22.8 Å². The highest BCUT2D eigenvalue weighted by Crippen LogP contribution is 2.24. The van der Waals surface area contributed by atoms with Gasteiger partial charge >= 0.3 is 5.97 Å². The van der Waals surface area contributed by atoms with Crippen molar-refractivity contribution in [2.24, 2.45) is 0 Å². The van der Waals surface area contributed by atoms with Crippen molar-refractivity contribution in [3.63, 3.8) is 0 Å². The van der Waals surface area contributed by atoms with Gasteiger partial charge in [0.1, 0.15) is 17.1 Å². The molecule has 6 heteroatoms. The third kappa shape index (κ3) is 3.71. The second-order valence-corrected chi connectivity index (χ2v) is 5.66. The van der Waals surface area contributed by atoms with Gasteiger partial charge in [0.15, 0.2) is 0 Å². The Morgan fingerprint density at radius 3 is 2.50 bits per heavy atom. The molecular formula is C18H19N3O3. The van der Waals surface area contributed by atoms with Gasteiger partial charge in [-0.3, -0.25) is 4.79 Å². The zero-order valence-corrected chi connectivity index (χ0v) is 13.5. The number of nitrogens with one attached hydrogen (secondary N) is 1. The zero-order valence-electron chi connectivity index (χ0n) is 13.5. The molecule has 0 unspecified atom stereocenters. The predicted octanol–water partition coefficient (Wildman–Crippen LogP) is 2.86. The Morgan fingerprint density at radius 1 is 1.12 bits per heavy atom. The van der Waals surface area contributed by atoms with E-state index in [9.17, 15) is 9.59 Å². The number of anilines is 2. The molecular weight excluding hydrogens is 306 g/mol. The van der Waals surface area contributed by atoms with Crippen LogP contribution in [-0.4, -0.2) is 29.9 Å². The van der Waals surface area contributed by atoms with Crippen LogP contribution < -0.4 is 15.0 Å². The molecule has 0 aliphatic carbocycles. The van der Waals surface area contributed by atoms with E-state index in [1.54, 1.807) is 42.6 Å². The van der Waals surface area contributed by atoms with E-state index in [1.165, 1.54) is 6.92 Å². The highest BCUT2D eigenvalue weighted by molar-refractivity contribution is 5.96. The maximum absolute atomic E-state index is 12.5. The van der Waals surface area contributed by atoms with Gasteiger partial charge in [0.25, 0.3) is 0 Å². The van der Waals surface area contributed by atoms with Crippen molar-refractivity contribution in [2.45, 2.75) is 19.8 Å². The molecule has 1 saturated heterocycles. The number of benzene rings is 1. The summed E-state index contributed by atoms with van der Waals surface area (Å²) in [5.41, 5.74) is 1.12. The minimum atomic E-state index is -0.433. The van der Waals surface area contributed by atoms with Crippen molar-refractivity contribution in [2.75, 3.05) is 23.3 Å². The van der Waals surface area contributed by atoms with Gasteiger partial charge in [0.2, 0.25) is 5.91 Å². The van der Waals surface area contributed by atoms with Crippen LogP contribution in [0.5, 0.6) is 5.75 Å². The van der Waals surface area contributed by atoms with Gasteiger partial charge in [-0.15, -0.1) is 0 Å². The summed E-state index contributed by atoms with van der Waals surface area (Å²) in [5, 5.41) is 2.67. The van der Waals surface area contributed by atoms with Crippen LogP contribution in [0.1, 0.15) is 30.1 Å². The summed E-state index contributed by atoms with van der Waals surface area (Å²) in [4.78, 5) is 30.0. The molecule has 0 saturated carbocycles. The minimum Gasteiger partial charge on any atom is -0.423 e. The molecule has 2 heterocycles. The Balaban J connectivity index is 1.74. The van der Waals surface area contributed by atoms with Gasteiger partial charge in [-0.25, -0.2) is 9.78 Å². The molecule has 1 fully saturated rings. The van der Waals surface area contributed by atoms with Crippen molar-refractivity contribution in [1.29, 1.82) is 0 Å². The van der Waals surface area contributed by atoms with E-state index in [1.807, 2.05) is 0 Å². The zero-order chi connectivity index (χ0) is 16.9. The summed E-state index contributed by atoms with van der Waals surface area (Å²) in [6.45, 7) is 3.25. The van der Waals surface area contributed by atoms with Crippen molar-refractivity contribution in [3.05, 3.63) is 48.2 Å². The number of rotatable bonds is 4. The standard InChI is InChI=1S/C18H19N3O3/c1-13(22)20-14-6-8-15(9-7-14)24-18(23)16-5-4-10-19-17(16)21-11-2-3-12-21/h4-10H,2-3,11-12H2,1H3,(H,20,22). The number of esters is 1. The van der Waals surface area contributed by atoms with Gasteiger partial charge in [0, 0.05) is 31.9 Å². The second kappa shape index (κ2) is 7.12. The van der Waals surface area contributed by atoms with Crippen molar-refractivity contribution < 1.29 is 14.3 Å². The lowest BCUT2D eigenvalue weighted by molar-refractivity contribution is -0.114. The molecule has 124 valence electrons. The highest BCUT2D eigenvalue weighted by Gasteiger charge is 2.21. The topological polar surface area (TPSA) is 71.5 Å². The Morgan fingerprint density at radius 2 is 1.83 bits per heavy atom. The Kier molecular flexibility index (Phi) is 4.74. The molecule has 3 rings (SSSR count). The van der Waals surface area contributed by atoms with Crippen LogP contribution in [-0.2, 0) is 4.79 Å². The Hall–Kier alpha value is -2.89. The molecule has 24 heavy (non-hydrogen) atoms. The lowest BCUT2D eigenvalue weighted by Gasteiger charge is -2.18. The monoisotopic (exact) mass is 325 g/mol. The first-order valence-electron chi connectivity index (χ1n) is 7.93. The average Bonchev–Trinajstić information content (AvgIpc) is 3.10. The molecule has 0 atom stereocenters. The quantitative estimate of drug-likeness (QED) is 0.691. The van der Waals surface area contributed by atoms with Crippen molar-refractivity contribution in [1.82, 2.24) is 4.98 Å². The molecule has 1 aromatic carbocycles. The molecule has 0 spiro atoms. The SMILES string of the molecule is CC(=O)Nc1ccc(OC(=O)c2cccnc2N2CCCC2)cc1. The Bertz CT molecular complexity index is 737. The third-order valence-electron chi connectivity index (χ3n) is 3.80. The number of pyridine rings is 1. The van der Waals surface area contributed by atoms with Crippen LogP contribution in [0.4, 0.5) is 11.5 Å². The molecule has 6 nitrogen and oxygen atoms in total. The summed E-state index contributed by atoms with van der Waals surface area (Å²) < 4.78 is 5.44. The fourth-order valence-electron chi connectivity index (χ4n) is 2.71. The largest absolute Gasteiger partial charge is 0.423 e. The lowest BCUT2D eigenvalue weighted by Crippen LogP contribution is -2.23. The van der Waals surface area contributed by atoms with Gasteiger partial charge < -0.3 is 15.0 Å². The molecule has 0 bridgehead atoms. The smallest absolute Gasteiger partial charge is 0.347 e. The maximum Gasteiger partial charge on any atom is 0.347 e. The van der Waals surface area contributed by atoms with E-state index < -0.39 is 5.97 Å². The van der Waals surface area contributed by atoms with E-state index in [0.717, 1.165) is 25.9 Å². The summed E-state index contributed by atoms with van der Waals surface area (Å²) in [5.74, 6) is 0.517. The first-order valence-corrected chi connectivity index (χ1v) is 7.93. The normalized spacial score (nSPS) is 13.6. The van der Waals surface area contributed by atoms with Gasteiger partial charge in [-0.1, -0.05) is 0 Å². The van der Waals surface area contributed by atoms with Crippen LogP contribution in [0, 0.1) is 0 Å². The van der Waals surface area contributed by atoms with Gasteiger partial charge in [-0.05, 0) is 49.2 Å². The average molecular weight is 325 g/mol. The first kappa shape index (κ1) is 16.0. The number of hydrogen-bond donors (Lipinski definition) is 1. The van der Waals surface area contributed by atoms with Crippen molar-refractivity contribution >= 4 is 23.4 Å². The van der Waals surface area contributed by atoms with E-state index in [-0.39, 0.29) is 5.91 Å². The number of ether oxygens (including phenoxy) is 1. The summed E-state index contributed by atoms with van der Waals surface area (Å²) in [7, 11) is 0. The van der Waals surface area contributed by atoms with Crippen molar-refractivity contribution in [3.8, 4) is 5.75 Å². The second-order valence-electron chi connectivity index (χ2n) is 5.66. The highest BCUT2D eigenvalue weighted by atomic mass is 16.5. The van der Waals surface area contributed by atoms with Gasteiger partial charge in [-0.2, -0.15) is 0 Å². The first-order chi connectivity index (χ1) is 11.6. The number of nitrogens with zero attached hydrogens (tertiary/aromatic N) is 2. The number of carbonyl (C=O) groups is 2.